The number of nitrogens with zero attached hydrogens (tertiary/aromatic N) is 1. The zero-order chi connectivity index (χ0) is 17.1. The van der Waals surface area contributed by atoms with Gasteiger partial charge in [-0.1, -0.05) is 36.4 Å². The van der Waals surface area contributed by atoms with Gasteiger partial charge in [-0.2, -0.15) is 0 Å². The molecule has 2 aliphatic rings. The van der Waals surface area contributed by atoms with Crippen molar-refractivity contribution in [3.8, 4) is 0 Å². The summed E-state index contributed by atoms with van der Waals surface area (Å²) in [5.74, 6) is 0. The van der Waals surface area contributed by atoms with Gasteiger partial charge in [0.1, 0.15) is 0 Å². The Morgan fingerprint density at radius 2 is 1.48 bits per heavy atom. The van der Waals surface area contributed by atoms with Crippen LogP contribution in [0.3, 0.4) is 0 Å². The number of benzene rings is 2. The monoisotopic (exact) mass is 336 g/mol. The molecule has 1 aliphatic carbocycles. The Bertz CT molecular complexity index is 672. The number of anilines is 2. The lowest BCUT2D eigenvalue weighted by Gasteiger charge is -2.52. The third kappa shape index (κ3) is 3.14. The average molecular weight is 336 g/mol. The maximum atomic E-state index is 13.2. The summed E-state index contributed by atoms with van der Waals surface area (Å²) in [6.45, 7) is 1.63. The van der Waals surface area contributed by atoms with Crippen LogP contribution >= 0.6 is 0 Å². The fraction of sp³-hybridized carbons (Fsp3) is 0.381. The first-order valence-electron chi connectivity index (χ1n) is 9.07. The van der Waals surface area contributed by atoms with Crippen molar-refractivity contribution in [2.45, 2.75) is 31.7 Å². The number of urea groups is 1. The van der Waals surface area contributed by atoms with E-state index in [1.165, 1.54) is 6.42 Å². The van der Waals surface area contributed by atoms with Crippen molar-refractivity contribution in [2.24, 2.45) is 5.41 Å². The molecule has 1 atom stereocenters. The van der Waals surface area contributed by atoms with Crippen LogP contribution in [-0.2, 0) is 4.74 Å². The molecule has 1 heterocycles. The van der Waals surface area contributed by atoms with Gasteiger partial charge < -0.3 is 10.1 Å². The van der Waals surface area contributed by atoms with Crippen LogP contribution in [0.5, 0.6) is 0 Å². The van der Waals surface area contributed by atoms with Gasteiger partial charge >= 0.3 is 6.03 Å². The molecule has 2 aromatic rings. The molecular weight excluding hydrogens is 312 g/mol. The number of para-hydroxylation sites is 2. The second kappa shape index (κ2) is 6.89. The molecule has 1 spiro atoms. The largest absolute Gasteiger partial charge is 0.381 e. The van der Waals surface area contributed by atoms with E-state index in [-0.39, 0.29) is 17.5 Å². The van der Waals surface area contributed by atoms with Gasteiger partial charge in [0.15, 0.2) is 0 Å². The lowest BCUT2D eigenvalue weighted by Crippen LogP contribution is -2.59. The molecule has 2 amide bonds. The van der Waals surface area contributed by atoms with Gasteiger partial charge in [0.25, 0.3) is 0 Å². The maximum absolute atomic E-state index is 13.2. The van der Waals surface area contributed by atoms with Crippen LogP contribution in [0.2, 0.25) is 0 Å². The fourth-order valence-electron chi connectivity index (χ4n) is 4.05. The van der Waals surface area contributed by atoms with E-state index in [0.29, 0.717) is 0 Å². The highest BCUT2D eigenvalue weighted by molar-refractivity contribution is 5.99. The highest BCUT2D eigenvalue weighted by Crippen LogP contribution is 2.48. The van der Waals surface area contributed by atoms with E-state index >= 15 is 0 Å². The molecule has 130 valence electrons. The Kier molecular flexibility index (Phi) is 4.45. The van der Waals surface area contributed by atoms with Gasteiger partial charge in [-0.05, 0) is 55.4 Å². The number of hydrogen-bond acceptors (Lipinski definition) is 2. The Morgan fingerprint density at radius 1 is 0.920 bits per heavy atom. The maximum Gasteiger partial charge on any atom is 0.326 e. The topological polar surface area (TPSA) is 41.6 Å². The van der Waals surface area contributed by atoms with Crippen molar-refractivity contribution in [2.75, 3.05) is 18.1 Å². The molecule has 0 aromatic heterocycles. The number of carbonyl (C=O) groups is 1. The van der Waals surface area contributed by atoms with Crippen molar-refractivity contribution >= 4 is 17.4 Å². The summed E-state index contributed by atoms with van der Waals surface area (Å²) in [6, 6.07) is 19.9. The molecule has 2 fully saturated rings. The van der Waals surface area contributed by atoms with E-state index in [1.807, 2.05) is 60.7 Å². The second-order valence-electron chi connectivity index (χ2n) is 7.02. The summed E-state index contributed by atoms with van der Waals surface area (Å²) in [7, 11) is 0. The number of ether oxygens (including phenoxy) is 1. The predicted molar refractivity (Wildman–Crippen MR) is 99.1 cm³/mol. The van der Waals surface area contributed by atoms with Gasteiger partial charge in [0.05, 0.1) is 11.4 Å². The van der Waals surface area contributed by atoms with Gasteiger partial charge in [-0.25, -0.2) is 4.79 Å². The third-order valence-electron chi connectivity index (χ3n) is 5.69. The molecule has 4 heteroatoms. The standard InChI is InChI=1S/C21H24N2O2/c24-20(22-19-11-12-21(19)13-15-25-16-14-21)23(17-7-3-1-4-8-17)18-9-5-2-6-10-18/h1-10,19H,11-16H2,(H,22,24). The zero-order valence-corrected chi connectivity index (χ0v) is 14.4. The molecule has 2 aromatic carbocycles. The van der Waals surface area contributed by atoms with E-state index in [2.05, 4.69) is 5.32 Å². The summed E-state index contributed by atoms with van der Waals surface area (Å²) < 4.78 is 5.52. The molecule has 1 aliphatic heterocycles. The first kappa shape index (κ1) is 16.2. The van der Waals surface area contributed by atoms with Gasteiger partial charge in [-0.3, -0.25) is 4.90 Å². The number of hydrogen-bond donors (Lipinski definition) is 1. The van der Waals surface area contributed by atoms with Crippen LogP contribution in [0.25, 0.3) is 0 Å². The molecule has 4 rings (SSSR count). The SMILES string of the molecule is O=C(NC1CCC12CCOCC2)N(c1ccccc1)c1ccccc1. The van der Waals surface area contributed by atoms with Crippen molar-refractivity contribution < 1.29 is 9.53 Å². The molecule has 1 saturated carbocycles. The number of nitrogens with one attached hydrogen (secondary N) is 1. The Hall–Kier alpha value is -2.33. The normalized spacial score (nSPS) is 21.4. The van der Waals surface area contributed by atoms with Gasteiger partial charge in [-0.15, -0.1) is 0 Å². The number of rotatable bonds is 3. The number of amides is 2. The molecular formula is C21H24N2O2. The lowest BCUT2D eigenvalue weighted by atomic mass is 9.60. The van der Waals surface area contributed by atoms with E-state index in [9.17, 15) is 4.79 Å². The lowest BCUT2D eigenvalue weighted by molar-refractivity contribution is -0.0508. The molecule has 1 N–H and O–H groups in total. The molecule has 0 bridgehead atoms. The summed E-state index contributed by atoms with van der Waals surface area (Å²) in [6.07, 6.45) is 4.35. The summed E-state index contributed by atoms with van der Waals surface area (Å²) in [5, 5.41) is 3.31. The predicted octanol–water partition coefficient (Wildman–Crippen LogP) is 4.49. The van der Waals surface area contributed by atoms with Crippen molar-refractivity contribution in [3.05, 3.63) is 60.7 Å². The van der Waals surface area contributed by atoms with E-state index in [1.54, 1.807) is 4.90 Å². The summed E-state index contributed by atoms with van der Waals surface area (Å²) in [4.78, 5) is 14.9. The van der Waals surface area contributed by atoms with Crippen LogP contribution in [-0.4, -0.2) is 25.3 Å². The zero-order valence-electron chi connectivity index (χ0n) is 14.4. The van der Waals surface area contributed by atoms with Crippen LogP contribution in [0.4, 0.5) is 16.2 Å². The minimum Gasteiger partial charge on any atom is -0.381 e. The Labute approximate surface area is 148 Å². The van der Waals surface area contributed by atoms with Crippen molar-refractivity contribution in [3.63, 3.8) is 0 Å². The first-order chi connectivity index (χ1) is 12.3. The Balaban J connectivity index is 1.56. The van der Waals surface area contributed by atoms with Gasteiger partial charge in [0.2, 0.25) is 0 Å². The van der Waals surface area contributed by atoms with E-state index < -0.39 is 0 Å². The minimum absolute atomic E-state index is 0.0482. The molecule has 4 nitrogen and oxygen atoms in total. The summed E-state index contributed by atoms with van der Waals surface area (Å²) in [5.41, 5.74) is 2.01. The van der Waals surface area contributed by atoms with E-state index in [4.69, 9.17) is 4.74 Å². The molecule has 25 heavy (non-hydrogen) atoms. The number of carbonyl (C=O) groups excluding carboxylic acids is 1. The first-order valence-corrected chi connectivity index (χ1v) is 9.07. The fourth-order valence-corrected chi connectivity index (χ4v) is 4.05. The Morgan fingerprint density at radius 3 is 1.96 bits per heavy atom. The van der Waals surface area contributed by atoms with Crippen LogP contribution in [0.15, 0.2) is 60.7 Å². The van der Waals surface area contributed by atoms with Crippen molar-refractivity contribution in [1.82, 2.24) is 5.32 Å². The molecule has 1 saturated heterocycles. The molecule has 1 unspecified atom stereocenters. The van der Waals surface area contributed by atoms with Crippen LogP contribution < -0.4 is 10.2 Å². The minimum atomic E-state index is -0.0482. The second-order valence-corrected chi connectivity index (χ2v) is 7.02. The summed E-state index contributed by atoms with van der Waals surface area (Å²) >= 11 is 0. The van der Waals surface area contributed by atoms with Gasteiger partial charge in [0, 0.05) is 19.3 Å². The average Bonchev–Trinajstić information content (AvgIpc) is 2.68. The highest BCUT2D eigenvalue weighted by atomic mass is 16.5. The van der Waals surface area contributed by atoms with E-state index in [0.717, 1.165) is 43.9 Å². The smallest absolute Gasteiger partial charge is 0.326 e. The van der Waals surface area contributed by atoms with Crippen molar-refractivity contribution in [1.29, 1.82) is 0 Å². The third-order valence-corrected chi connectivity index (χ3v) is 5.69. The quantitative estimate of drug-likeness (QED) is 0.897. The van der Waals surface area contributed by atoms with Crippen LogP contribution in [0, 0.1) is 5.41 Å². The van der Waals surface area contributed by atoms with Crippen LogP contribution in [0.1, 0.15) is 25.7 Å². The molecule has 0 radical (unpaired) electrons. The highest BCUT2D eigenvalue weighted by Gasteiger charge is 2.48.